The van der Waals surface area contributed by atoms with Gasteiger partial charge in [0.05, 0.1) is 23.8 Å². The van der Waals surface area contributed by atoms with Crippen LogP contribution in [0.3, 0.4) is 0 Å². The summed E-state index contributed by atoms with van der Waals surface area (Å²) in [6.07, 6.45) is 8.24. The third-order valence-corrected chi connectivity index (χ3v) is 6.82. The number of hydrogen-bond acceptors (Lipinski definition) is 6. The van der Waals surface area contributed by atoms with Crippen molar-refractivity contribution in [1.29, 1.82) is 0 Å². The first-order valence-electron chi connectivity index (χ1n) is 11.6. The highest BCUT2D eigenvalue weighted by Gasteiger charge is 2.39. The Hall–Kier alpha value is -3.22. The molecule has 7 heteroatoms. The molecular formula is C25H30N6O. The summed E-state index contributed by atoms with van der Waals surface area (Å²) < 4.78 is 2.00. The number of anilines is 3. The summed E-state index contributed by atoms with van der Waals surface area (Å²) in [5, 5.41) is 3.38. The zero-order valence-electron chi connectivity index (χ0n) is 19.0. The van der Waals surface area contributed by atoms with Gasteiger partial charge < -0.3 is 14.8 Å². The SMILES string of the molecule is CCc1nc(Nc2ccc(-n3cnc(C)c3)cc2)nc2c1CC(=O)C1CC(CC)CCN21. The summed E-state index contributed by atoms with van der Waals surface area (Å²) in [6, 6.07) is 8.11. The van der Waals surface area contributed by atoms with Crippen molar-refractivity contribution >= 4 is 23.2 Å². The summed E-state index contributed by atoms with van der Waals surface area (Å²) in [6.45, 7) is 7.18. The van der Waals surface area contributed by atoms with E-state index in [0.29, 0.717) is 24.1 Å². The lowest BCUT2D eigenvalue weighted by Crippen LogP contribution is -2.51. The third-order valence-electron chi connectivity index (χ3n) is 6.82. The van der Waals surface area contributed by atoms with Gasteiger partial charge in [0.2, 0.25) is 5.95 Å². The van der Waals surface area contributed by atoms with Crippen LogP contribution >= 0.6 is 0 Å². The average Bonchev–Trinajstić information content (AvgIpc) is 3.25. The maximum atomic E-state index is 12.9. The molecule has 2 aliphatic heterocycles. The first-order valence-corrected chi connectivity index (χ1v) is 11.6. The molecule has 0 amide bonds. The maximum absolute atomic E-state index is 12.9. The molecule has 4 heterocycles. The lowest BCUT2D eigenvalue weighted by Gasteiger charge is -2.43. The average molecular weight is 431 g/mol. The first kappa shape index (κ1) is 20.7. The van der Waals surface area contributed by atoms with Gasteiger partial charge >= 0.3 is 0 Å². The number of fused-ring (bicyclic) bond motifs is 3. The monoisotopic (exact) mass is 430 g/mol. The van der Waals surface area contributed by atoms with Gasteiger partial charge in [-0.1, -0.05) is 20.3 Å². The molecule has 1 aromatic carbocycles. The van der Waals surface area contributed by atoms with Crippen molar-refractivity contribution in [3.63, 3.8) is 0 Å². The summed E-state index contributed by atoms with van der Waals surface area (Å²) >= 11 is 0. The molecule has 7 nitrogen and oxygen atoms in total. The highest BCUT2D eigenvalue weighted by Crippen LogP contribution is 2.37. The van der Waals surface area contributed by atoms with Gasteiger partial charge in [0, 0.05) is 36.1 Å². The molecular weight excluding hydrogens is 400 g/mol. The Balaban J connectivity index is 1.43. The Labute approximate surface area is 188 Å². The molecule has 2 aliphatic rings. The lowest BCUT2D eigenvalue weighted by molar-refractivity contribution is -0.120. The van der Waals surface area contributed by atoms with Crippen LogP contribution in [0, 0.1) is 12.8 Å². The minimum atomic E-state index is -0.0356. The Morgan fingerprint density at radius 1 is 1.16 bits per heavy atom. The molecule has 2 unspecified atom stereocenters. The van der Waals surface area contributed by atoms with Crippen molar-refractivity contribution in [2.75, 3.05) is 16.8 Å². The number of ketones is 1. The summed E-state index contributed by atoms with van der Waals surface area (Å²) in [5.41, 5.74) is 4.95. The number of benzene rings is 1. The molecule has 166 valence electrons. The molecule has 32 heavy (non-hydrogen) atoms. The first-order chi connectivity index (χ1) is 15.6. The number of nitrogens with zero attached hydrogens (tertiary/aromatic N) is 5. The molecule has 0 radical (unpaired) electrons. The summed E-state index contributed by atoms with van der Waals surface area (Å²) in [4.78, 5) is 29.1. The number of nitrogens with one attached hydrogen (secondary N) is 1. The van der Waals surface area contributed by atoms with Crippen LogP contribution in [-0.2, 0) is 17.6 Å². The second kappa shape index (κ2) is 8.37. The van der Waals surface area contributed by atoms with Crippen LogP contribution in [0.1, 0.15) is 50.1 Å². The normalized spacial score (nSPS) is 20.1. The number of aryl methyl sites for hydroxylation is 2. The number of carbonyl (C=O) groups excluding carboxylic acids is 1. The minimum Gasteiger partial charge on any atom is -0.346 e. The molecule has 0 saturated carbocycles. The number of hydrogen-bond donors (Lipinski definition) is 1. The van der Waals surface area contributed by atoms with E-state index in [1.54, 1.807) is 0 Å². The summed E-state index contributed by atoms with van der Waals surface area (Å²) in [5.74, 6) is 2.49. The molecule has 0 aliphatic carbocycles. The Morgan fingerprint density at radius 2 is 1.97 bits per heavy atom. The predicted molar refractivity (Wildman–Crippen MR) is 126 cm³/mol. The van der Waals surface area contributed by atoms with Gasteiger partial charge in [-0.05, 0) is 56.4 Å². The number of Topliss-reactive ketones (excluding diaryl/α,β-unsaturated/α-hetero) is 1. The van der Waals surface area contributed by atoms with E-state index in [2.05, 4.69) is 29.0 Å². The van der Waals surface area contributed by atoms with Crippen LogP contribution in [0.5, 0.6) is 0 Å². The van der Waals surface area contributed by atoms with Crippen LogP contribution in [0.4, 0.5) is 17.5 Å². The van der Waals surface area contributed by atoms with Crippen LogP contribution in [0.25, 0.3) is 5.69 Å². The van der Waals surface area contributed by atoms with E-state index >= 15 is 0 Å². The maximum Gasteiger partial charge on any atom is 0.229 e. The smallest absolute Gasteiger partial charge is 0.229 e. The van der Waals surface area contributed by atoms with Gasteiger partial charge in [-0.3, -0.25) is 4.79 Å². The number of piperidine rings is 1. The quantitative estimate of drug-likeness (QED) is 0.647. The number of rotatable bonds is 5. The molecule has 2 atom stereocenters. The fraction of sp³-hybridized carbons (Fsp3) is 0.440. The second-order valence-corrected chi connectivity index (χ2v) is 8.89. The van der Waals surface area contributed by atoms with Gasteiger partial charge in [-0.15, -0.1) is 0 Å². The zero-order chi connectivity index (χ0) is 22.2. The number of carbonyl (C=O) groups is 1. The molecule has 0 spiro atoms. The van der Waals surface area contributed by atoms with E-state index in [1.165, 1.54) is 0 Å². The van der Waals surface area contributed by atoms with E-state index in [0.717, 1.165) is 66.4 Å². The fourth-order valence-electron chi connectivity index (χ4n) is 4.95. The van der Waals surface area contributed by atoms with Crippen LogP contribution < -0.4 is 10.2 Å². The van der Waals surface area contributed by atoms with Crippen molar-refractivity contribution in [3.8, 4) is 5.69 Å². The van der Waals surface area contributed by atoms with E-state index in [1.807, 2.05) is 48.3 Å². The largest absolute Gasteiger partial charge is 0.346 e. The van der Waals surface area contributed by atoms with Gasteiger partial charge in [-0.25, -0.2) is 9.97 Å². The number of imidazole rings is 1. The predicted octanol–water partition coefficient (Wildman–Crippen LogP) is 4.40. The molecule has 1 saturated heterocycles. The van der Waals surface area contributed by atoms with E-state index in [-0.39, 0.29) is 6.04 Å². The van der Waals surface area contributed by atoms with E-state index < -0.39 is 0 Å². The Morgan fingerprint density at radius 3 is 2.66 bits per heavy atom. The topological polar surface area (TPSA) is 75.9 Å². The van der Waals surface area contributed by atoms with Gasteiger partial charge in [0.1, 0.15) is 5.82 Å². The van der Waals surface area contributed by atoms with Crippen molar-refractivity contribution in [1.82, 2.24) is 19.5 Å². The highest BCUT2D eigenvalue weighted by atomic mass is 16.1. The summed E-state index contributed by atoms with van der Waals surface area (Å²) in [7, 11) is 0. The van der Waals surface area contributed by atoms with Gasteiger partial charge in [-0.2, -0.15) is 4.98 Å². The van der Waals surface area contributed by atoms with Crippen LogP contribution in [-0.4, -0.2) is 37.9 Å². The van der Waals surface area contributed by atoms with E-state index in [4.69, 9.17) is 9.97 Å². The Bertz CT molecular complexity index is 1140. The van der Waals surface area contributed by atoms with Crippen LogP contribution in [0.2, 0.25) is 0 Å². The molecule has 1 N–H and O–H groups in total. The van der Waals surface area contributed by atoms with Crippen LogP contribution in [0.15, 0.2) is 36.8 Å². The minimum absolute atomic E-state index is 0.0356. The van der Waals surface area contributed by atoms with Crippen molar-refractivity contribution in [2.24, 2.45) is 5.92 Å². The fourth-order valence-corrected chi connectivity index (χ4v) is 4.95. The van der Waals surface area contributed by atoms with Crippen molar-refractivity contribution in [2.45, 2.75) is 58.9 Å². The van der Waals surface area contributed by atoms with Gasteiger partial charge in [0.25, 0.3) is 0 Å². The standard InChI is InChI=1S/C25H30N6O/c1-4-17-10-11-31-22(12-17)23(32)13-20-21(5-2)28-25(29-24(20)31)27-18-6-8-19(9-7-18)30-14-16(3)26-15-30/h6-9,14-15,17,22H,4-5,10-13H2,1-3H3,(H,27,28,29). The molecule has 3 aromatic rings. The third kappa shape index (κ3) is 3.76. The lowest BCUT2D eigenvalue weighted by atomic mass is 9.83. The molecule has 2 aromatic heterocycles. The van der Waals surface area contributed by atoms with Gasteiger partial charge in [0.15, 0.2) is 5.78 Å². The number of aromatic nitrogens is 4. The molecule has 0 bridgehead atoms. The van der Waals surface area contributed by atoms with E-state index in [9.17, 15) is 4.79 Å². The zero-order valence-corrected chi connectivity index (χ0v) is 19.0. The highest BCUT2D eigenvalue weighted by molar-refractivity contribution is 5.93. The van der Waals surface area contributed by atoms with Crippen molar-refractivity contribution < 1.29 is 4.79 Å². The Kier molecular flexibility index (Phi) is 5.41. The van der Waals surface area contributed by atoms with Crippen molar-refractivity contribution in [3.05, 3.63) is 53.7 Å². The molecule has 1 fully saturated rings. The molecule has 5 rings (SSSR count). The second-order valence-electron chi connectivity index (χ2n) is 8.89.